The summed E-state index contributed by atoms with van der Waals surface area (Å²) in [6, 6.07) is 0. The zero-order valence-corrected chi connectivity index (χ0v) is 9.47. The van der Waals surface area contributed by atoms with Gasteiger partial charge in [0.15, 0.2) is 0 Å². The van der Waals surface area contributed by atoms with E-state index in [0.29, 0.717) is 0 Å². The van der Waals surface area contributed by atoms with Crippen LogP contribution in [-0.4, -0.2) is 36.7 Å². The van der Waals surface area contributed by atoms with Gasteiger partial charge < -0.3 is 15.2 Å². The maximum Gasteiger partial charge on any atom is 0.306 e. The van der Waals surface area contributed by atoms with Gasteiger partial charge in [0.2, 0.25) is 5.91 Å². The molecule has 0 aromatic rings. The Morgan fingerprint density at radius 1 is 1.44 bits per heavy atom. The highest BCUT2D eigenvalue weighted by atomic mass is 16.5. The van der Waals surface area contributed by atoms with Crippen LogP contribution in [-0.2, 0) is 14.3 Å². The molecule has 1 atom stereocenters. The molecule has 5 nitrogen and oxygen atoms in total. The van der Waals surface area contributed by atoms with Crippen molar-refractivity contribution < 1.29 is 19.4 Å². The van der Waals surface area contributed by atoms with Crippen molar-refractivity contribution in [3.8, 4) is 0 Å². The first-order chi connectivity index (χ1) is 7.60. The molecule has 0 spiro atoms. The van der Waals surface area contributed by atoms with Crippen molar-refractivity contribution in [1.29, 1.82) is 0 Å². The second-order valence-electron chi connectivity index (χ2n) is 3.09. The number of carboxylic acids is 1. The van der Waals surface area contributed by atoms with Gasteiger partial charge in [0.05, 0.1) is 12.5 Å². The molecule has 5 heteroatoms. The Labute approximate surface area is 94.8 Å². The van der Waals surface area contributed by atoms with E-state index < -0.39 is 12.1 Å². The van der Waals surface area contributed by atoms with Crippen LogP contribution in [0.25, 0.3) is 0 Å². The highest BCUT2D eigenvalue weighted by molar-refractivity contribution is 5.87. The van der Waals surface area contributed by atoms with Crippen LogP contribution >= 0.6 is 0 Å². The Hall–Kier alpha value is -1.62. The predicted octanol–water partition coefficient (Wildman–Crippen LogP) is 0.725. The SMILES string of the molecule is CC=C/C=C/C(=O)NCC(CC(=O)O)OC. The molecule has 16 heavy (non-hydrogen) atoms. The highest BCUT2D eigenvalue weighted by Crippen LogP contribution is 1.95. The van der Waals surface area contributed by atoms with Gasteiger partial charge in [-0.1, -0.05) is 18.2 Å². The summed E-state index contributed by atoms with van der Waals surface area (Å²) in [5.74, 6) is -1.23. The largest absolute Gasteiger partial charge is 0.481 e. The van der Waals surface area contributed by atoms with Crippen LogP contribution in [0.2, 0.25) is 0 Å². The average Bonchev–Trinajstić information content (AvgIpc) is 2.24. The molecular formula is C11H17NO4. The maximum atomic E-state index is 11.2. The van der Waals surface area contributed by atoms with E-state index in [1.165, 1.54) is 13.2 Å². The Bertz CT molecular complexity index is 284. The first-order valence-corrected chi connectivity index (χ1v) is 4.92. The fourth-order valence-corrected chi connectivity index (χ4v) is 0.961. The molecule has 0 bridgehead atoms. The molecule has 0 heterocycles. The van der Waals surface area contributed by atoms with Crippen molar-refractivity contribution >= 4 is 11.9 Å². The second kappa shape index (κ2) is 8.67. The number of hydrogen-bond acceptors (Lipinski definition) is 3. The van der Waals surface area contributed by atoms with E-state index in [1.807, 2.05) is 6.92 Å². The van der Waals surface area contributed by atoms with Crippen LogP contribution in [0.5, 0.6) is 0 Å². The van der Waals surface area contributed by atoms with Crippen molar-refractivity contribution in [2.75, 3.05) is 13.7 Å². The number of nitrogens with one attached hydrogen (secondary N) is 1. The van der Waals surface area contributed by atoms with E-state index in [0.717, 1.165) is 0 Å². The number of hydrogen-bond donors (Lipinski definition) is 2. The third-order valence-electron chi connectivity index (χ3n) is 1.79. The Morgan fingerprint density at radius 3 is 2.62 bits per heavy atom. The number of carbonyl (C=O) groups is 2. The van der Waals surface area contributed by atoms with Gasteiger partial charge in [-0.3, -0.25) is 9.59 Å². The zero-order chi connectivity index (χ0) is 12.4. The fourth-order valence-electron chi connectivity index (χ4n) is 0.961. The molecule has 0 aliphatic carbocycles. The molecule has 90 valence electrons. The molecule has 0 radical (unpaired) electrons. The molecule has 0 saturated heterocycles. The summed E-state index contributed by atoms with van der Waals surface area (Å²) < 4.78 is 4.90. The summed E-state index contributed by atoms with van der Waals surface area (Å²) in [5.41, 5.74) is 0. The average molecular weight is 227 g/mol. The minimum atomic E-state index is -0.953. The lowest BCUT2D eigenvalue weighted by Gasteiger charge is -2.12. The van der Waals surface area contributed by atoms with Crippen molar-refractivity contribution in [3.63, 3.8) is 0 Å². The summed E-state index contributed by atoms with van der Waals surface area (Å²) >= 11 is 0. The number of allylic oxidation sites excluding steroid dienone is 3. The summed E-state index contributed by atoms with van der Waals surface area (Å²) in [6.07, 6.45) is 5.87. The van der Waals surface area contributed by atoms with E-state index >= 15 is 0 Å². The molecule has 0 saturated carbocycles. The molecular weight excluding hydrogens is 210 g/mol. The van der Waals surface area contributed by atoms with Gasteiger partial charge in [-0.25, -0.2) is 0 Å². The molecule has 1 amide bonds. The van der Waals surface area contributed by atoms with Gasteiger partial charge in [0.1, 0.15) is 0 Å². The van der Waals surface area contributed by atoms with Crippen LogP contribution in [0.4, 0.5) is 0 Å². The zero-order valence-electron chi connectivity index (χ0n) is 9.47. The van der Waals surface area contributed by atoms with Crippen LogP contribution in [0.15, 0.2) is 24.3 Å². The molecule has 0 aliphatic heterocycles. The van der Waals surface area contributed by atoms with Gasteiger partial charge in [-0.15, -0.1) is 0 Å². The molecule has 0 aliphatic rings. The number of aliphatic carboxylic acids is 1. The van der Waals surface area contributed by atoms with E-state index in [-0.39, 0.29) is 18.9 Å². The van der Waals surface area contributed by atoms with Gasteiger partial charge >= 0.3 is 5.97 Å². The number of carboxylic acid groups (broad SMARTS) is 1. The highest BCUT2D eigenvalue weighted by Gasteiger charge is 2.12. The summed E-state index contributed by atoms with van der Waals surface area (Å²) in [6.45, 7) is 2.03. The number of methoxy groups -OCH3 is 1. The molecule has 0 aromatic carbocycles. The molecule has 0 fully saturated rings. The first kappa shape index (κ1) is 14.4. The van der Waals surface area contributed by atoms with Crippen LogP contribution in [0, 0.1) is 0 Å². The van der Waals surface area contributed by atoms with Crippen molar-refractivity contribution in [3.05, 3.63) is 24.3 Å². The van der Waals surface area contributed by atoms with E-state index in [2.05, 4.69) is 5.32 Å². The molecule has 2 N–H and O–H groups in total. The van der Waals surface area contributed by atoms with Crippen molar-refractivity contribution in [1.82, 2.24) is 5.32 Å². The quantitative estimate of drug-likeness (QED) is 0.496. The summed E-state index contributed by atoms with van der Waals surface area (Å²) in [5, 5.41) is 11.1. The lowest BCUT2D eigenvalue weighted by Crippen LogP contribution is -2.33. The monoisotopic (exact) mass is 227 g/mol. The third-order valence-corrected chi connectivity index (χ3v) is 1.79. The minimum Gasteiger partial charge on any atom is -0.481 e. The maximum absolute atomic E-state index is 11.2. The van der Waals surface area contributed by atoms with Gasteiger partial charge in [-0.05, 0) is 6.92 Å². The second-order valence-corrected chi connectivity index (χ2v) is 3.09. The minimum absolute atomic E-state index is 0.130. The Balaban J connectivity index is 3.92. The van der Waals surface area contributed by atoms with Crippen molar-refractivity contribution in [2.24, 2.45) is 0 Å². The standard InChI is InChI=1S/C11H17NO4/c1-3-4-5-6-10(13)12-8-9(16-2)7-11(14)15/h3-6,9H,7-8H2,1-2H3,(H,12,13)(H,14,15)/b4-3?,6-5+. The van der Waals surface area contributed by atoms with Gasteiger partial charge in [0, 0.05) is 19.7 Å². The van der Waals surface area contributed by atoms with E-state index in [9.17, 15) is 9.59 Å². The third kappa shape index (κ3) is 7.75. The Kier molecular flexibility index (Phi) is 7.79. The lowest BCUT2D eigenvalue weighted by molar-refractivity contribution is -0.140. The normalized spacial score (nSPS) is 13.1. The lowest BCUT2D eigenvalue weighted by atomic mass is 10.2. The van der Waals surface area contributed by atoms with Crippen LogP contribution in [0.1, 0.15) is 13.3 Å². The van der Waals surface area contributed by atoms with Gasteiger partial charge in [0.25, 0.3) is 0 Å². The Morgan fingerprint density at radius 2 is 2.12 bits per heavy atom. The summed E-state index contributed by atoms with van der Waals surface area (Å²) in [7, 11) is 1.41. The smallest absolute Gasteiger partial charge is 0.306 e. The first-order valence-electron chi connectivity index (χ1n) is 4.92. The number of ether oxygens (including phenoxy) is 1. The predicted molar refractivity (Wildman–Crippen MR) is 60.0 cm³/mol. The van der Waals surface area contributed by atoms with E-state index in [1.54, 1.807) is 18.2 Å². The topological polar surface area (TPSA) is 75.6 Å². The van der Waals surface area contributed by atoms with Crippen molar-refractivity contribution in [2.45, 2.75) is 19.4 Å². The van der Waals surface area contributed by atoms with Crippen LogP contribution in [0.3, 0.4) is 0 Å². The molecule has 1 unspecified atom stereocenters. The number of rotatable bonds is 7. The fraction of sp³-hybridized carbons (Fsp3) is 0.455. The molecule has 0 aromatic heterocycles. The van der Waals surface area contributed by atoms with Gasteiger partial charge in [-0.2, -0.15) is 0 Å². The molecule has 0 rings (SSSR count). The number of carbonyl (C=O) groups excluding carboxylic acids is 1. The van der Waals surface area contributed by atoms with E-state index in [4.69, 9.17) is 9.84 Å². The van der Waals surface area contributed by atoms with Crippen LogP contribution < -0.4 is 5.32 Å². The number of amides is 1. The summed E-state index contributed by atoms with van der Waals surface area (Å²) in [4.78, 5) is 21.6.